The van der Waals surface area contributed by atoms with Gasteiger partial charge in [-0.1, -0.05) is 6.07 Å². The van der Waals surface area contributed by atoms with Crippen LogP contribution < -0.4 is 10.5 Å². The van der Waals surface area contributed by atoms with Gasteiger partial charge in [-0.3, -0.25) is 0 Å². The Bertz CT molecular complexity index is 554. The van der Waals surface area contributed by atoms with Gasteiger partial charge in [-0.05, 0) is 50.1 Å². The minimum Gasteiger partial charge on any atom is -0.496 e. The lowest BCUT2D eigenvalue weighted by Gasteiger charge is -2.15. The van der Waals surface area contributed by atoms with Gasteiger partial charge in [-0.2, -0.15) is 0 Å². The van der Waals surface area contributed by atoms with Crippen LogP contribution in [-0.2, 0) is 0 Å². The molecule has 18 heavy (non-hydrogen) atoms. The Hall–Kier alpha value is -0.430. The first-order valence-electron chi connectivity index (χ1n) is 5.07. The third-order valence-corrected chi connectivity index (χ3v) is 5.85. The second-order valence-corrected chi connectivity index (χ2v) is 6.86. The Labute approximate surface area is 125 Å². The molecule has 0 aliphatic rings. The van der Waals surface area contributed by atoms with Crippen molar-refractivity contribution in [2.24, 2.45) is 5.73 Å². The quantitative estimate of drug-likeness (QED) is 0.833. The van der Waals surface area contributed by atoms with Crippen molar-refractivity contribution < 1.29 is 9.13 Å². The molecule has 1 atom stereocenters. The van der Waals surface area contributed by atoms with Crippen LogP contribution in [0, 0.1) is 5.82 Å². The number of thiophene rings is 1. The number of nitrogens with two attached hydrogens (primary N) is 1. The molecule has 0 saturated carbocycles. The summed E-state index contributed by atoms with van der Waals surface area (Å²) in [7, 11) is 1.51. The predicted molar refractivity (Wildman–Crippen MR) is 78.7 cm³/mol. The summed E-state index contributed by atoms with van der Waals surface area (Å²) in [6, 6.07) is 6.02. The molecule has 2 rings (SSSR count). The Balaban J connectivity index is 2.48. The van der Waals surface area contributed by atoms with Crippen LogP contribution in [0.4, 0.5) is 4.39 Å². The maximum Gasteiger partial charge on any atom is 0.132 e. The fraction of sp³-hybridized carbons (Fsp3) is 0.167. The van der Waals surface area contributed by atoms with Crippen molar-refractivity contribution >= 4 is 43.2 Å². The van der Waals surface area contributed by atoms with E-state index >= 15 is 0 Å². The number of ether oxygens (including phenoxy) is 1. The normalized spacial score (nSPS) is 12.5. The van der Waals surface area contributed by atoms with Crippen LogP contribution >= 0.6 is 43.2 Å². The molecule has 0 amide bonds. The largest absolute Gasteiger partial charge is 0.496 e. The highest BCUT2D eigenvalue weighted by Gasteiger charge is 2.21. The molecule has 2 N–H and O–H groups in total. The molecule has 0 fully saturated rings. The van der Waals surface area contributed by atoms with Crippen LogP contribution in [0.5, 0.6) is 5.75 Å². The van der Waals surface area contributed by atoms with E-state index in [4.69, 9.17) is 10.5 Å². The summed E-state index contributed by atoms with van der Waals surface area (Å²) in [5.41, 5.74) is 6.50. The Morgan fingerprint density at radius 2 is 2.11 bits per heavy atom. The predicted octanol–water partition coefficient (Wildman–Crippen LogP) is 4.47. The molecule has 1 aromatic carbocycles. The lowest BCUT2D eigenvalue weighted by atomic mass is 10.0. The standard InChI is InChI=1S/C12H10Br2FNOS/c1-17-8-4-2-3-7(15)10(8)11(16)9-5-6(13)12(14)18-9/h2-5,11H,16H2,1H3. The summed E-state index contributed by atoms with van der Waals surface area (Å²) in [5.74, 6) is 0.102. The van der Waals surface area contributed by atoms with Crippen molar-refractivity contribution in [3.05, 3.63) is 48.8 Å². The van der Waals surface area contributed by atoms with Crippen molar-refractivity contribution in [1.29, 1.82) is 0 Å². The molecule has 1 heterocycles. The first-order valence-corrected chi connectivity index (χ1v) is 7.47. The number of methoxy groups -OCH3 is 1. The summed E-state index contributed by atoms with van der Waals surface area (Å²) in [6.45, 7) is 0. The lowest BCUT2D eigenvalue weighted by molar-refractivity contribution is 0.402. The number of halogens is 3. The maximum absolute atomic E-state index is 13.9. The van der Waals surface area contributed by atoms with Crippen LogP contribution in [0.2, 0.25) is 0 Å². The number of hydrogen-bond donors (Lipinski definition) is 1. The molecule has 0 aliphatic heterocycles. The highest BCUT2D eigenvalue weighted by Crippen LogP contribution is 2.39. The molecular weight excluding hydrogens is 385 g/mol. The van der Waals surface area contributed by atoms with Gasteiger partial charge in [0.05, 0.1) is 22.5 Å². The molecule has 0 saturated heterocycles. The summed E-state index contributed by atoms with van der Waals surface area (Å²) in [6.07, 6.45) is 0. The zero-order valence-electron chi connectivity index (χ0n) is 9.41. The van der Waals surface area contributed by atoms with Gasteiger partial charge < -0.3 is 10.5 Å². The smallest absolute Gasteiger partial charge is 0.132 e. The van der Waals surface area contributed by atoms with Gasteiger partial charge in [-0.25, -0.2) is 4.39 Å². The van der Waals surface area contributed by atoms with E-state index in [1.165, 1.54) is 24.5 Å². The Morgan fingerprint density at radius 1 is 1.39 bits per heavy atom. The van der Waals surface area contributed by atoms with Crippen LogP contribution in [0.15, 0.2) is 32.5 Å². The molecule has 0 aliphatic carbocycles. The van der Waals surface area contributed by atoms with E-state index in [0.29, 0.717) is 11.3 Å². The van der Waals surface area contributed by atoms with Gasteiger partial charge in [0.1, 0.15) is 11.6 Å². The second-order valence-electron chi connectivity index (χ2n) is 3.60. The third kappa shape index (κ3) is 2.61. The minimum atomic E-state index is -0.547. The highest BCUT2D eigenvalue weighted by atomic mass is 79.9. The van der Waals surface area contributed by atoms with Crippen molar-refractivity contribution in [1.82, 2.24) is 0 Å². The SMILES string of the molecule is COc1cccc(F)c1C(N)c1cc(Br)c(Br)s1. The van der Waals surface area contributed by atoms with Gasteiger partial charge in [0, 0.05) is 9.35 Å². The molecule has 96 valence electrons. The summed E-state index contributed by atoms with van der Waals surface area (Å²) < 4.78 is 20.9. The van der Waals surface area contributed by atoms with E-state index in [1.54, 1.807) is 12.1 Å². The van der Waals surface area contributed by atoms with Crippen LogP contribution in [0.3, 0.4) is 0 Å². The molecule has 6 heteroatoms. The first-order chi connectivity index (χ1) is 8.54. The molecule has 1 unspecified atom stereocenters. The molecule has 2 nitrogen and oxygen atoms in total. The van der Waals surface area contributed by atoms with Gasteiger partial charge in [-0.15, -0.1) is 11.3 Å². The summed E-state index contributed by atoms with van der Waals surface area (Å²) >= 11 is 8.26. The number of benzene rings is 1. The molecule has 2 aromatic rings. The number of hydrogen-bond acceptors (Lipinski definition) is 3. The highest BCUT2D eigenvalue weighted by molar-refractivity contribution is 9.13. The van der Waals surface area contributed by atoms with Crippen molar-refractivity contribution in [2.75, 3.05) is 7.11 Å². The average Bonchev–Trinajstić information content (AvgIpc) is 2.68. The Kier molecular flexibility index (Phi) is 4.42. The summed E-state index contributed by atoms with van der Waals surface area (Å²) in [5, 5.41) is 0. The van der Waals surface area contributed by atoms with Crippen LogP contribution in [0.25, 0.3) is 0 Å². The molecule has 0 bridgehead atoms. The van der Waals surface area contributed by atoms with E-state index in [1.807, 2.05) is 6.07 Å². The summed E-state index contributed by atoms with van der Waals surface area (Å²) in [4.78, 5) is 0.858. The average molecular weight is 395 g/mol. The molecular formula is C12H10Br2FNOS. The number of rotatable bonds is 3. The van der Waals surface area contributed by atoms with E-state index in [0.717, 1.165) is 13.1 Å². The fourth-order valence-electron chi connectivity index (χ4n) is 1.66. The topological polar surface area (TPSA) is 35.2 Å². The first kappa shape index (κ1) is 14.0. The second kappa shape index (κ2) is 5.69. The van der Waals surface area contributed by atoms with E-state index in [-0.39, 0.29) is 5.82 Å². The van der Waals surface area contributed by atoms with E-state index < -0.39 is 6.04 Å². The molecule has 0 spiro atoms. The van der Waals surface area contributed by atoms with Gasteiger partial charge in [0.2, 0.25) is 0 Å². The zero-order chi connectivity index (χ0) is 13.3. The van der Waals surface area contributed by atoms with Crippen molar-refractivity contribution in [3.63, 3.8) is 0 Å². The van der Waals surface area contributed by atoms with Crippen LogP contribution in [-0.4, -0.2) is 7.11 Å². The maximum atomic E-state index is 13.9. The molecule has 0 radical (unpaired) electrons. The zero-order valence-corrected chi connectivity index (χ0v) is 13.4. The third-order valence-electron chi connectivity index (χ3n) is 2.51. The van der Waals surface area contributed by atoms with Crippen LogP contribution in [0.1, 0.15) is 16.5 Å². The minimum absolute atomic E-state index is 0.359. The van der Waals surface area contributed by atoms with Gasteiger partial charge >= 0.3 is 0 Å². The van der Waals surface area contributed by atoms with E-state index in [2.05, 4.69) is 31.9 Å². The van der Waals surface area contributed by atoms with Gasteiger partial charge in [0.25, 0.3) is 0 Å². The van der Waals surface area contributed by atoms with Gasteiger partial charge in [0.15, 0.2) is 0 Å². The molecule has 1 aromatic heterocycles. The Morgan fingerprint density at radius 3 is 2.67 bits per heavy atom. The fourth-order valence-corrected chi connectivity index (χ4v) is 3.76. The van der Waals surface area contributed by atoms with Crippen molar-refractivity contribution in [3.8, 4) is 5.75 Å². The lowest BCUT2D eigenvalue weighted by Crippen LogP contribution is -2.13. The monoisotopic (exact) mass is 393 g/mol. The van der Waals surface area contributed by atoms with Crippen molar-refractivity contribution in [2.45, 2.75) is 6.04 Å². The van der Waals surface area contributed by atoms with E-state index in [9.17, 15) is 4.39 Å².